The Morgan fingerprint density at radius 2 is 1.88 bits per heavy atom. The number of nitrogens with zero attached hydrogens (tertiary/aromatic N) is 1. The van der Waals surface area contributed by atoms with Gasteiger partial charge in [0.2, 0.25) is 0 Å². The van der Waals surface area contributed by atoms with Crippen LogP contribution in [0.1, 0.15) is 0 Å². The van der Waals surface area contributed by atoms with Crippen LogP contribution in [-0.4, -0.2) is 33.3 Å². The molecular formula is C11H14F2N2O. The van der Waals surface area contributed by atoms with E-state index in [0.29, 0.717) is 18.8 Å². The van der Waals surface area contributed by atoms with Gasteiger partial charge in [-0.2, -0.15) is 0 Å². The minimum atomic E-state index is -0.668. The van der Waals surface area contributed by atoms with Crippen LogP contribution in [0.5, 0.6) is 5.75 Å². The van der Waals surface area contributed by atoms with Gasteiger partial charge in [0, 0.05) is 38.3 Å². The Morgan fingerprint density at radius 1 is 1.19 bits per heavy atom. The van der Waals surface area contributed by atoms with Gasteiger partial charge in [0.1, 0.15) is 5.82 Å². The van der Waals surface area contributed by atoms with E-state index in [2.05, 4.69) is 5.32 Å². The van der Waals surface area contributed by atoms with Crippen LogP contribution < -0.4 is 15.0 Å². The molecule has 0 radical (unpaired) electrons. The lowest BCUT2D eigenvalue weighted by atomic mass is 10.2. The van der Waals surface area contributed by atoms with Gasteiger partial charge in [-0.25, -0.2) is 8.78 Å². The van der Waals surface area contributed by atoms with Gasteiger partial charge in [-0.1, -0.05) is 0 Å². The van der Waals surface area contributed by atoms with Crippen molar-refractivity contribution in [2.75, 3.05) is 38.2 Å². The topological polar surface area (TPSA) is 24.5 Å². The summed E-state index contributed by atoms with van der Waals surface area (Å²) in [4.78, 5) is 1.88. The fourth-order valence-corrected chi connectivity index (χ4v) is 1.82. The average molecular weight is 228 g/mol. The number of rotatable bonds is 2. The summed E-state index contributed by atoms with van der Waals surface area (Å²) >= 11 is 0. The molecule has 1 aromatic rings. The monoisotopic (exact) mass is 228 g/mol. The van der Waals surface area contributed by atoms with E-state index in [1.165, 1.54) is 13.2 Å². The van der Waals surface area contributed by atoms with Crippen LogP contribution in [-0.2, 0) is 0 Å². The van der Waals surface area contributed by atoms with Crippen molar-refractivity contribution >= 4 is 5.69 Å². The Kier molecular flexibility index (Phi) is 3.24. The SMILES string of the molecule is COc1cc(N2CCNCC2)c(F)cc1F. The van der Waals surface area contributed by atoms with E-state index >= 15 is 0 Å². The molecule has 0 unspecified atom stereocenters. The number of hydrogen-bond donors (Lipinski definition) is 1. The summed E-state index contributed by atoms with van der Waals surface area (Å²) in [5.74, 6) is -1.13. The van der Waals surface area contributed by atoms with Gasteiger partial charge in [-0.05, 0) is 0 Å². The smallest absolute Gasteiger partial charge is 0.168 e. The lowest BCUT2D eigenvalue weighted by Crippen LogP contribution is -2.43. The Hall–Kier alpha value is -1.36. The molecule has 1 heterocycles. The van der Waals surface area contributed by atoms with Crippen LogP contribution in [0.4, 0.5) is 14.5 Å². The predicted octanol–water partition coefficient (Wildman–Crippen LogP) is 1.38. The first-order chi connectivity index (χ1) is 7.72. The van der Waals surface area contributed by atoms with E-state index in [-0.39, 0.29) is 5.75 Å². The third kappa shape index (κ3) is 2.09. The first-order valence-electron chi connectivity index (χ1n) is 5.21. The van der Waals surface area contributed by atoms with Crippen LogP contribution in [0, 0.1) is 11.6 Å². The average Bonchev–Trinajstić information content (AvgIpc) is 2.30. The second kappa shape index (κ2) is 4.65. The number of halogens is 2. The first kappa shape index (κ1) is 11.1. The van der Waals surface area contributed by atoms with Gasteiger partial charge in [-0.3, -0.25) is 0 Å². The molecule has 1 N–H and O–H groups in total. The molecule has 0 atom stereocenters. The fourth-order valence-electron chi connectivity index (χ4n) is 1.82. The summed E-state index contributed by atoms with van der Waals surface area (Å²) in [6.07, 6.45) is 0. The molecular weight excluding hydrogens is 214 g/mol. The third-order valence-corrected chi connectivity index (χ3v) is 2.68. The van der Waals surface area contributed by atoms with Gasteiger partial charge >= 0.3 is 0 Å². The second-order valence-corrected chi connectivity index (χ2v) is 3.68. The molecule has 5 heteroatoms. The summed E-state index contributed by atoms with van der Waals surface area (Å²) in [6.45, 7) is 3.04. The van der Waals surface area contributed by atoms with Crippen molar-refractivity contribution in [1.29, 1.82) is 0 Å². The van der Waals surface area contributed by atoms with E-state index in [1.807, 2.05) is 4.90 Å². The number of piperazine rings is 1. The zero-order valence-corrected chi connectivity index (χ0v) is 9.09. The van der Waals surface area contributed by atoms with Gasteiger partial charge in [0.15, 0.2) is 11.6 Å². The standard InChI is InChI=1S/C11H14F2N2O/c1-16-11-7-10(8(12)6-9(11)13)15-4-2-14-3-5-15/h6-7,14H,2-5H2,1H3. The molecule has 1 aliphatic rings. The van der Waals surface area contributed by atoms with E-state index < -0.39 is 11.6 Å². The van der Waals surface area contributed by atoms with Crippen LogP contribution >= 0.6 is 0 Å². The fraction of sp³-hybridized carbons (Fsp3) is 0.455. The van der Waals surface area contributed by atoms with Crippen molar-refractivity contribution in [3.05, 3.63) is 23.8 Å². The van der Waals surface area contributed by atoms with Crippen LogP contribution in [0.2, 0.25) is 0 Å². The number of anilines is 1. The number of hydrogen-bond acceptors (Lipinski definition) is 3. The third-order valence-electron chi connectivity index (χ3n) is 2.68. The van der Waals surface area contributed by atoms with Gasteiger partial charge in [0.25, 0.3) is 0 Å². The minimum absolute atomic E-state index is 0.0786. The molecule has 0 aliphatic carbocycles. The van der Waals surface area contributed by atoms with Crippen molar-refractivity contribution < 1.29 is 13.5 Å². The molecule has 88 valence electrons. The molecule has 0 saturated carbocycles. The Morgan fingerprint density at radius 3 is 2.50 bits per heavy atom. The quantitative estimate of drug-likeness (QED) is 0.827. The van der Waals surface area contributed by atoms with Crippen molar-refractivity contribution in [3.8, 4) is 5.75 Å². The summed E-state index contributed by atoms with van der Waals surface area (Å²) in [6, 6.07) is 2.28. The Bertz CT molecular complexity index is 378. The predicted molar refractivity (Wildman–Crippen MR) is 58.0 cm³/mol. The summed E-state index contributed by atoms with van der Waals surface area (Å²) < 4.78 is 31.6. The highest BCUT2D eigenvalue weighted by Crippen LogP contribution is 2.28. The molecule has 16 heavy (non-hydrogen) atoms. The maximum atomic E-state index is 13.6. The van der Waals surface area contributed by atoms with Crippen LogP contribution in [0.25, 0.3) is 0 Å². The first-order valence-corrected chi connectivity index (χ1v) is 5.21. The van der Waals surface area contributed by atoms with E-state index in [4.69, 9.17) is 4.74 Å². The zero-order chi connectivity index (χ0) is 11.5. The van der Waals surface area contributed by atoms with Gasteiger partial charge < -0.3 is 15.0 Å². The highest BCUT2D eigenvalue weighted by molar-refractivity contribution is 5.53. The molecule has 0 spiro atoms. The van der Waals surface area contributed by atoms with Crippen LogP contribution in [0.15, 0.2) is 12.1 Å². The Balaban J connectivity index is 2.31. The molecule has 1 saturated heterocycles. The molecule has 3 nitrogen and oxygen atoms in total. The highest BCUT2D eigenvalue weighted by atomic mass is 19.1. The molecule has 0 bridgehead atoms. The molecule has 2 rings (SSSR count). The zero-order valence-electron chi connectivity index (χ0n) is 9.09. The lowest BCUT2D eigenvalue weighted by molar-refractivity contribution is 0.384. The van der Waals surface area contributed by atoms with Crippen molar-refractivity contribution in [3.63, 3.8) is 0 Å². The van der Waals surface area contributed by atoms with Gasteiger partial charge in [-0.15, -0.1) is 0 Å². The minimum Gasteiger partial charge on any atom is -0.494 e. The van der Waals surface area contributed by atoms with E-state index in [0.717, 1.165) is 19.2 Å². The normalized spacial score (nSPS) is 16.3. The number of benzene rings is 1. The van der Waals surface area contributed by atoms with E-state index in [9.17, 15) is 8.78 Å². The lowest BCUT2D eigenvalue weighted by Gasteiger charge is -2.29. The van der Waals surface area contributed by atoms with Crippen molar-refractivity contribution in [2.45, 2.75) is 0 Å². The molecule has 0 aromatic heterocycles. The number of methoxy groups -OCH3 is 1. The summed E-state index contributed by atoms with van der Waals surface area (Å²) in [5.41, 5.74) is 0.403. The maximum absolute atomic E-state index is 13.6. The molecule has 1 aromatic carbocycles. The van der Waals surface area contributed by atoms with Crippen molar-refractivity contribution in [1.82, 2.24) is 5.32 Å². The largest absolute Gasteiger partial charge is 0.494 e. The van der Waals surface area contributed by atoms with E-state index in [1.54, 1.807) is 0 Å². The summed E-state index contributed by atoms with van der Waals surface area (Å²) in [7, 11) is 1.37. The molecule has 1 aliphatic heterocycles. The van der Waals surface area contributed by atoms with Gasteiger partial charge in [0.05, 0.1) is 12.8 Å². The van der Waals surface area contributed by atoms with Crippen LogP contribution in [0.3, 0.4) is 0 Å². The molecule has 0 amide bonds. The van der Waals surface area contributed by atoms with Crippen molar-refractivity contribution in [2.24, 2.45) is 0 Å². The number of nitrogens with one attached hydrogen (secondary N) is 1. The second-order valence-electron chi connectivity index (χ2n) is 3.68. The maximum Gasteiger partial charge on any atom is 0.168 e. The Labute approximate surface area is 93.0 Å². The summed E-state index contributed by atoms with van der Waals surface area (Å²) in [5, 5.41) is 3.17. The number of ether oxygens (including phenoxy) is 1. The molecule has 1 fully saturated rings. The highest BCUT2D eigenvalue weighted by Gasteiger charge is 2.17.